The van der Waals surface area contributed by atoms with E-state index >= 15 is 0 Å². The van der Waals surface area contributed by atoms with Gasteiger partial charge in [0.25, 0.3) is 0 Å². The minimum Gasteiger partial charge on any atom is -0.212 e. The molecule has 0 amide bonds. The predicted octanol–water partition coefficient (Wildman–Crippen LogP) is 4.24. The van der Waals surface area contributed by atoms with Gasteiger partial charge in [-0.3, -0.25) is 0 Å². The third kappa shape index (κ3) is 2.80. The van der Waals surface area contributed by atoms with Gasteiger partial charge in [0.1, 0.15) is 5.83 Å². The molecule has 0 nitrogen and oxygen atoms in total. The molecule has 0 saturated heterocycles. The van der Waals surface area contributed by atoms with Gasteiger partial charge in [-0.1, -0.05) is 26.8 Å². The van der Waals surface area contributed by atoms with Crippen molar-refractivity contribution >= 4 is 0 Å². The molecule has 1 heteroatoms. The fourth-order valence-electron chi connectivity index (χ4n) is 1.40. The van der Waals surface area contributed by atoms with Crippen LogP contribution in [-0.2, 0) is 0 Å². The van der Waals surface area contributed by atoms with Gasteiger partial charge in [0, 0.05) is 0 Å². The van der Waals surface area contributed by atoms with E-state index in [9.17, 15) is 4.39 Å². The van der Waals surface area contributed by atoms with E-state index < -0.39 is 0 Å². The second kappa shape index (κ2) is 5.13. The predicted molar refractivity (Wildman–Crippen MR) is 52.7 cm³/mol. The van der Waals surface area contributed by atoms with Crippen LogP contribution in [0.3, 0.4) is 0 Å². The second-order valence-electron chi connectivity index (χ2n) is 3.28. The highest BCUT2D eigenvalue weighted by molar-refractivity contribution is 5.32. The largest absolute Gasteiger partial charge is 0.212 e. The third-order valence-corrected chi connectivity index (χ3v) is 2.08. The van der Waals surface area contributed by atoms with E-state index in [0.29, 0.717) is 12.3 Å². The molecule has 0 aromatic rings. The van der Waals surface area contributed by atoms with Gasteiger partial charge in [-0.05, 0) is 37.3 Å². The average Bonchev–Trinajstić information content (AvgIpc) is 2.03. The van der Waals surface area contributed by atoms with Gasteiger partial charge in [-0.15, -0.1) is 0 Å². The SMILES string of the molecule is C/C=C(\C(C)=C(\F)CC)C(C)C. The minimum absolute atomic E-state index is 0.0109. The molecule has 0 saturated carbocycles. The molecular weight excluding hydrogens is 151 g/mol. The van der Waals surface area contributed by atoms with Gasteiger partial charge in [-0.25, -0.2) is 4.39 Å². The summed E-state index contributed by atoms with van der Waals surface area (Å²) in [5.74, 6) is 0.420. The van der Waals surface area contributed by atoms with Crippen LogP contribution in [0.2, 0.25) is 0 Å². The Labute approximate surface area is 75.2 Å². The van der Waals surface area contributed by atoms with E-state index in [2.05, 4.69) is 13.8 Å². The Morgan fingerprint density at radius 2 is 1.92 bits per heavy atom. The Morgan fingerprint density at radius 3 is 2.17 bits per heavy atom. The first-order valence-corrected chi connectivity index (χ1v) is 4.56. The minimum atomic E-state index is 0.0109. The topological polar surface area (TPSA) is 0 Å². The molecule has 0 radical (unpaired) electrons. The summed E-state index contributed by atoms with van der Waals surface area (Å²) < 4.78 is 13.2. The number of rotatable bonds is 3. The van der Waals surface area contributed by atoms with E-state index in [-0.39, 0.29) is 5.83 Å². The quantitative estimate of drug-likeness (QED) is 0.556. The van der Waals surface area contributed by atoms with Crippen molar-refractivity contribution in [2.45, 2.75) is 41.0 Å². The average molecular weight is 170 g/mol. The van der Waals surface area contributed by atoms with E-state index in [1.165, 1.54) is 0 Å². The molecular formula is C11H19F. The van der Waals surface area contributed by atoms with Crippen molar-refractivity contribution in [3.8, 4) is 0 Å². The lowest BCUT2D eigenvalue weighted by Gasteiger charge is -2.12. The highest BCUT2D eigenvalue weighted by Crippen LogP contribution is 2.23. The van der Waals surface area contributed by atoms with E-state index in [1.54, 1.807) is 0 Å². The zero-order valence-corrected chi connectivity index (χ0v) is 8.74. The van der Waals surface area contributed by atoms with Crippen LogP contribution in [0, 0.1) is 5.92 Å². The van der Waals surface area contributed by atoms with Crippen LogP contribution in [-0.4, -0.2) is 0 Å². The molecule has 0 rings (SSSR count). The van der Waals surface area contributed by atoms with Crippen LogP contribution in [0.25, 0.3) is 0 Å². The normalized spacial score (nSPS) is 15.1. The molecule has 0 aliphatic carbocycles. The maximum atomic E-state index is 13.2. The van der Waals surface area contributed by atoms with Gasteiger partial charge in [0.2, 0.25) is 0 Å². The van der Waals surface area contributed by atoms with Crippen LogP contribution in [0.5, 0.6) is 0 Å². The highest BCUT2D eigenvalue weighted by Gasteiger charge is 2.08. The van der Waals surface area contributed by atoms with Crippen molar-refractivity contribution in [3.63, 3.8) is 0 Å². The number of allylic oxidation sites excluding steroid dienone is 4. The summed E-state index contributed by atoms with van der Waals surface area (Å²) in [7, 11) is 0. The van der Waals surface area contributed by atoms with Crippen LogP contribution in [0.4, 0.5) is 4.39 Å². The van der Waals surface area contributed by atoms with Crippen molar-refractivity contribution in [1.29, 1.82) is 0 Å². The summed E-state index contributed by atoms with van der Waals surface area (Å²) in [4.78, 5) is 0. The van der Waals surface area contributed by atoms with Crippen molar-refractivity contribution in [3.05, 3.63) is 23.0 Å². The summed E-state index contributed by atoms with van der Waals surface area (Å²) in [6, 6.07) is 0. The van der Waals surface area contributed by atoms with Crippen LogP contribution >= 0.6 is 0 Å². The summed E-state index contributed by atoms with van der Waals surface area (Å²) >= 11 is 0. The Morgan fingerprint density at radius 1 is 1.42 bits per heavy atom. The zero-order valence-electron chi connectivity index (χ0n) is 8.74. The molecule has 12 heavy (non-hydrogen) atoms. The first kappa shape index (κ1) is 11.4. The monoisotopic (exact) mass is 170 g/mol. The molecule has 0 aliphatic rings. The number of hydrogen-bond donors (Lipinski definition) is 0. The van der Waals surface area contributed by atoms with Crippen LogP contribution in [0.15, 0.2) is 23.0 Å². The first-order valence-electron chi connectivity index (χ1n) is 4.56. The van der Waals surface area contributed by atoms with Gasteiger partial charge in [0.05, 0.1) is 0 Å². The zero-order chi connectivity index (χ0) is 9.72. The molecule has 0 fully saturated rings. The molecule has 0 bridgehead atoms. The maximum absolute atomic E-state index is 13.2. The van der Waals surface area contributed by atoms with E-state index in [0.717, 1.165) is 11.1 Å². The summed E-state index contributed by atoms with van der Waals surface area (Å²) in [5, 5.41) is 0. The number of halogens is 1. The van der Waals surface area contributed by atoms with E-state index in [4.69, 9.17) is 0 Å². The summed E-state index contributed by atoms with van der Waals surface area (Å²) in [6.45, 7) is 9.83. The van der Waals surface area contributed by atoms with Crippen LogP contribution in [0.1, 0.15) is 41.0 Å². The standard InChI is InChI=1S/C11H19F/c1-6-10(8(3)4)9(5)11(12)7-2/h6,8H,7H2,1-5H3/b10-6-,11-9+. The lowest BCUT2D eigenvalue weighted by atomic mass is 9.95. The molecule has 0 aromatic carbocycles. The van der Waals surface area contributed by atoms with Gasteiger partial charge in [-0.2, -0.15) is 0 Å². The molecule has 70 valence electrons. The molecule has 0 atom stereocenters. The van der Waals surface area contributed by atoms with Crippen molar-refractivity contribution in [2.75, 3.05) is 0 Å². The van der Waals surface area contributed by atoms with Crippen LogP contribution < -0.4 is 0 Å². The Balaban J connectivity index is 4.77. The van der Waals surface area contributed by atoms with Crippen molar-refractivity contribution in [1.82, 2.24) is 0 Å². The molecule has 0 spiro atoms. The van der Waals surface area contributed by atoms with Gasteiger partial charge < -0.3 is 0 Å². The summed E-state index contributed by atoms with van der Waals surface area (Å²) in [6.07, 6.45) is 2.49. The molecule has 0 aliphatic heterocycles. The fourth-order valence-corrected chi connectivity index (χ4v) is 1.40. The van der Waals surface area contributed by atoms with Gasteiger partial charge in [0.15, 0.2) is 0 Å². The second-order valence-corrected chi connectivity index (χ2v) is 3.28. The Bertz CT molecular complexity index is 197. The Hall–Kier alpha value is -0.590. The first-order chi connectivity index (χ1) is 5.54. The van der Waals surface area contributed by atoms with E-state index in [1.807, 2.05) is 26.8 Å². The highest BCUT2D eigenvalue weighted by atomic mass is 19.1. The molecule has 0 unspecified atom stereocenters. The lowest BCUT2D eigenvalue weighted by molar-refractivity contribution is 0.587. The summed E-state index contributed by atoms with van der Waals surface area (Å²) in [5.41, 5.74) is 1.93. The lowest BCUT2D eigenvalue weighted by Crippen LogP contribution is -1.97. The maximum Gasteiger partial charge on any atom is 0.103 e. The molecule has 0 aromatic heterocycles. The number of hydrogen-bond acceptors (Lipinski definition) is 0. The molecule has 0 heterocycles. The Kier molecular flexibility index (Phi) is 4.87. The molecule has 0 N–H and O–H groups in total. The van der Waals surface area contributed by atoms with Crippen molar-refractivity contribution in [2.24, 2.45) is 5.92 Å². The van der Waals surface area contributed by atoms with Gasteiger partial charge >= 0.3 is 0 Å². The fraction of sp³-hybridized carbons (Fsp3) is 0.636. The third-order valence-electron chi connectivity index (χ3n) is 2.08. The van der Waals surface area contributed by atoms with Crippen molar-refractivity contribution < 1.29 is 4.39 Å². The smallest absolute Gasteiger partial charge is 0.103 e.